The molecular weight excluding hydrogens is 381 g/mol. The molecule has 5 nitrogen and oxygen atoms in total. The highest BCUT2D eigenvalue weighted by Crippen LogP contribution is 2.47. The van der Waals surface area contributed by atoms with Crippen molar-refractivity contribution in [3.05, 3.63) is 23.8 Å². The Hall–Kier alpha value is -1.90. The van der Waals surface area contributed by atoms with Crippen LogP contribution in [0, 0.1) is 0 Å². The number of rotatable bonds is 5. The summed E-state index contributed by atoms with van der Waals surface area (Å²) in [5, 5.41) is 2.55. The first-order chi connectivity index (χ1) is 12.7. The number of halogens is 3. The summed E-state index contributed by atoms with van der Waals surface area (Å²) in [4.78, 5) is 26.1. The summed E-state index contributed by atoms with van der Waals surface area (Å²) >= 11 is 1.52. The third-order valence-electron chi connectivity index (χ3n) is 4.77. The van der Waals surface area contributed by atoms with Crippen LogP contribution in [-0.2, 0) is 15.8 Å². The van der Waals surface area contributed by atoms with Gasteiger partial charge in [0.05, 0.1) is 22.7 Å². The summed E-state index contributed by atoms with van der Waals surface area (Å²) in [6.45, 7) is 4.10. The first-order valence-electron chi connectivity index (χ1n) is 8.77. The van der Waals surface area contributed by atoms with E-state index >= 15 is 0 Å². The molecule has 0 unspecified atom stereocenters. The minimum atomic E-state index is -4.53. The van der Waals surface area contributed by atoms with E-state index in [1.807, 2.05) is 13.8 Å². The van der Waals surface area contributed by atoms with Crippen LogP contribution in [0.4, 0.5) is 18.9 Å². The maximum absolute atomic E-state index is 13.1. The van der Waals surface area contributed by atoms with Gasteiger partial charge in [-0.15, -0.1) is 11.8 Å². The third-order valence-corrected chi connectivity index (χ3v) is 6.28. The second-order valence-corrected chi connectivity index (χ2v) is 8.31. The second-order valence-electron chi connectivity index (χ2n) is 6.81. The zero-order valence-electron chi connectivity index (χ0n) is 15.1. The van der Waals surface area contributed by atoms with Gasteiger partial charge in [-0.05, 0) is 38.0 Å². The Bertz CT molecular complexity index is 756. The standard InChI is InChI=1S/C18H21F3N2O3S/c1-3-8-26-14-5-4-11(18(19,20)21)9-12(14)22-16(25)13-10-27-17(2)7-6-15(24)23(13)17/h4-5,9,13H,3,6-8,10H2,1-2H3,(H,22,25)/t13-,17+/m1/s1. The Balaban J connectivity index is 1.85. The summed E-state index contributed by atoms with van der Waals surface area (Å²) in [5.41, 5.74) is -0.905. The van der Waals surface area contributed by atoms with E-state index in [2.05, 4.69) is 5.32 Å². The van der Waals surface area contributed by atoms with Crippen LogP contribution >= 0.6 is 11.8 Å². The van der Waals surface area contributed by atoms with Gasteiger partial charge in [0.2, 0.25) is 11.8 Å². The molecule has 1 N–H and O–H groups in total. The first kappa shape index (κ1) is 19.9. The van der Waals surface area contributed by atoms with E-state index in [0.717, 1.165) is 12.1 Å². The van der Waals surface area contributed by atoms with Gasteiger partial charge in [0.1, 0.15) is 11.8 Å². The number of hydrogen-bond acceptors (Lipinski definition) is 4. The fourth-order valence-electron chi connectivity index (χ4n) is 3.37. The Morgan fingerprint density at radius 1 is 1.44 bits per heavy atom. The van der Waals surface area contributed by atoms with Crippen molar-refractivity contribution in [2.75, 3.05) is 17.7 Å². The van der Waals surface area contributed by atoms with Gasteiger partial charge < -0.3 is 15.0 Å². The normalized spacial score (nSPS) is 24.9. The van der Waals surface area contributed by atoms with E-state index in [1.165, 1.54) is 17.8 Å². The SMILES string of the molecule is CCCOc1ccc(C(F)(F)F)cc1NC(=O)[C@H]1CS[C@@]2(C)CCC(=O)N12. The minimum Gasteiger partial charge on any atom is -0.491 e. The summed E-state index contributed by atoms with van der Waals surface area (Å²) < 4.78 is 44.7. The molecule has 148 valence electrons. The molecule has 0 bridgehead atoms. The highest BCUT2D eigenvalue weighted by molar-refractivity contribution is 8.01. The van der Waals surface area contributed by atoms with Crippen molar-refractivity contribution in [2.45, 2.75) is 50.2 Å². The molecule has 1 aromatic rings. The van der Waals surface area contributed by atoms with Crippen molar-refractivity contribution in [3.63, 3.8) is 0 Å². The minimum absolute atomic E-state index is 0.0338. The number of alkyl halides is 3. The number of thioether (sulfide) groups is 1. The molecule has 9 heteroatoms. The lowest BCUT2D eigenvalue weighted by atomic mass is 10.1. The van der Waals surface area contributed by atoms with Gasteiger partial charge in [-0.25, -0.2) is 0 Å². The number of carbonyl (C=O) groups is 2. The van der Waals surface area contributed by atoms with Gasteiger partial charge in [-0.2, -0.15) is 13.2 Å². The molecule has 0 radical (unpaired) electrons. The van der Waals surface area contributed by atoms with Crippen LogP contribution < -0.4 is 10.1 Å². The van der Waals surface area contributed by atoms with Gasteiger partial charge in [-0.1, -0.05) is 6.92 Å². The Labute approximate surface area is 159 Å². The fraction of sp³-hybridized carbons (Fsp3) is 0.556. The number of carbonyl (C=O) groups excluding carboxylic acids is 2. The van der Waals surface area contributed by atoms with E-state index in [9.17, 15) is 22.8 Å². The Morgan fingerprint density at radius 3 is 2.85 bits per heavy atom. The van der Waals surface area contributed by atoms with Crippen molar-refractivity contribution in [1.29, 1.82) is 0 Å². The smallest absolute Gasteiger partial charge is 0.416 e. The summed E-state index contributed by atoms with van der Waals surface area (Å²) in [7, 11) is 0. The molecule has 2 aliphatic rings. The van der Waals surface area contributed by atoms with Gasteiger partial charge in [-0.3, -0.25) is 9.59 Å². The zero-order valence-corrected chi connectivity index (χ0v) is 15.9. The number of fused-ring (bicyclic) bond motifs is 1. The lowest BCUT2D eigenvalue weighted by Gasteiger charge is -2.30. The van der Waals surface area contributed by atoms with Crippen molar-refractivity contribution in [3.8, 4) is 5.75 Å². The van der Waals surface area contributed by atoms with Crippen LogP contribution in [0.2, 0.25) is 0 Å². The van der Waals surface area contributed by atoms with Crippen molar-refractivity contribution < 1.29 is 27.5 Å². The van der Waals surface area contributed by atoms with Crippen LogP contribution in [0.3, 0.4) is 0 Å². The zero-order chi connectivity index (χ0) is 19.8. The van der Waals surface area contributed by atoms with E-state index in [4.69, 9.17) is 4.74 Å². The number of nitrogens with zero attached hydrogens (tertiary/aromatic N) is 1. The molecule has 0 saturated carbocycles. The van der Waals surface area contributed by atoms with E-state index in [1.54, 1.807) is 4.90 Å². The second kappa shape index (κ2) is 7.26. The summed E-state index contributed by atoms with van der Waals surface area (Å²) in [6, 6.07) is 2.30. The van der Waals surface area contributed by atoms with Crippen LogP contribution in [-0.4, -0.2) is 40.0 Å². The number of benzene rings is 1. The maximum atomic E-state index is 13.1. The number of nitrogens with one attached hydrogen (secondary N) is 1. The van der Waals surface area contributed by atoms with Crippen LogP contribution in [0.1, 0.15) is 38.7 Å². The average Bonchev–Trinajstić information content (AvgIpc) is 3.09. The van der Waals surface area contributed by atoms with E-state index in [-0.39, 0.29) is 17.3 Å². The number of anilines is 1. The molecule has 3 rings (SSSR count). The summed E-state index contributed by atoms with van der Waals surface area (Å²) in [6.07, 6.45) is -2.82. The number of amides is 2. The molecule has 2 atom stereocenters. The largest absolute Gasteiger partial charge is 0.491 e. The molecule has 2 amide bonds. The van der Waals surface area contributed by atoms with Crippen LogP contribution in [0.5, 0.6) is 5.75 Å². The van der Waals surface area contributed by atoms with Gasteiger partial charge in [0, 0.05) is 12.2 Å². The first-order valence-corrected chi connectivity index (χ1v) is 9.75. The monoisotopic (exact) mass is 402 g/mol. The average molecular weight is 402 g/mol. The van der Waals surface area contributed by atoms with E-state index in [0.29, 0.717) is 31.6 Å². The lowest BCUT2D eigenvalue weighted by Crippen LogP contribution is -2.48. The van der Waals surface area contributed by atoms with Crippen molar-refractivity contribution >= 4 is 29.3 Å². The quantitative estimate of drug-likeness (QED) is 0.812. The third kappa shape index (κ3) is 3.88. The van der Waals surface area contributed by atoms with Crippen LogP contribution in [0.25, 0.3) is 0 Å². The molecule has 2 aliphatic heterocycles. The summed E-state index contributed by atoms with van der Waals surface area (Å²) in [5.74, 6) is -0.00582. The maximum Gasteiger partial charge on any atom is 0.416 e. The van der Waals surface area contributed by atoms with Gasteiger partial charge in [0.25, 0.3) is 0 Å². The number of hydrogen-bond donors (Lipinski definition) is 1. The Kier molecular flexibility index (Phi) is 5.33. The van der Waals surface area contributed by atoms with E-state index < -0.39 is 28.6 Å². The molecule has 1 aromatic carbocycles. The van der Waals surface area contributed by atoms with Crippen molar-refractivity contribution in [1.82, 2.24) is 4.90 Å². The molecule has 27 heavy (non-hydrogen) atoms. The molecule has 2 heterocycles. The van der Waals surface area contributed by atoms with Gasteiger partial charge >= 0.3 is 6.18 Å². The molecule has 2 fully saturated rings. The predicted octanol–water partition coefficient (Wildman–Crippen LogP) is 3.89. The molecule has 2 saturated heterocycles. The lowest BCUT2D eigenvalue weighted by molar-refractivity contribution is -0.137. The molecule has 0 aliphatic carbocycles. The highest BCUT2D eigenvalue weighted by Gasteiger charge is 2.53. The van der Waals surface area contributed by atoms with Crippen LogP contribution in [0.15, 0.2) is 18.2 Å². The molecular formula is C18H21F3N2O3S. The molecule has 0 spiro atoms. The predicted molar refractivity (Wildman–Crippen MR) is 96.6 cm³/mol. The topological polar surface area (TPSA) is 58.6 Å². The number of ether oxygens (including phenoxy) is 1. The Morgan fingerprint density at radius 2 is 2.19 bits per heavy atom. The van der Waals surface area contributed by atoms with Crippen molar-refractivity contribution in [2.24, 2.45) is 0 Å². The van der Waals surface area contributed by atoms with Gasteiger partial charge in [0.15, 0.2) is 0 Å². The highest BCUT2D eigenvalue weighted by atomic mass is 32.2. The fourth-order valence-corrected chi connectivity index (χ4v) is 4.80. The molecule has 0 aromatic heterocycles.